The van der Waals surface area contributed by atoms with Gasteiger partial charge in [-0.25, -0.2) is 4.79 Å². The Morgan fingerprint density at radius 3 is 1.92 bits per heavy atom. The van der Waals surface area contributed by atoms with Crippen molar-refractivity contribution in [2.75, 3.05) is 0 Å². The molecule has 6 nitrogen and oxygen atoms in total. The highest BCUT2D eigenvalue weighted by Gasteiger charge is 2.14. The fourth-order valence-corrected chi connectivity index (χ4v) is 1.94. The van der Waals surface area contributed by atoms with Crippen molar-refractivity contribution in [1.82, 2.24) is 5.32 Å². The molecule has 6 heteroatoms. The van der Waals surface area contributed by atoms with Gasteiger partial charge in [0.15, 0.2) is 0 Å². The maximum atomic E-state index is 11.7. The lowest BCUT2D eigenvalue weighted by Gasteiger charge is -2.13. The lowest BCUT2D eigenvalue weighted by atomic mass is 10.2. The van der Waals surface area contributed by atoms with Crippen molar-refractivity contribution in [1.29, 1.82) is 0 Å². The van der Waals surface area contributed by atoms with E-state index in [4.69, 9.17) is 15.2 Å². The highest BCUT2D eigenvalue weighted by molar-refractivity contribution is 5.72. The first-order valence-electron chi connectivity index (χ1n) is 7.56. The Kier molecular flexibility index (Phi) is 6.79. The molecule has 0 saturated carbocycles. The van der Waals surface area contributed by atoms with Crippen LogP contribution in [0.1, 0.15) is 17.5 Å². The first-order valence-corrected chi connectivity index (χ1v) is 7.56. The minimum Gasteiger partial charge on any atom is -0.461 e. The van der Waals surface area contributed by atoms with Crippen LogP contribution in [0.4, 0.5) is 4.79 Å². The number of esters is 1. The molecule has 24 heavy (non-hydrogen) atoms. The van der Waals surface area contributed by atoms with E-state index in [0.717, 1.165) is 11.1 Å². The second-order valence-corrected chi connectivity index (χ2v) is 5.16. The van der Waals surface area contributed by atoms with E-state index in [-0.39, 0.29) is 19.6 Å². The molecule has 0 aliphatic heterocycles. The van der Waals surface area contributed by atoms with Crippen molar-refractivity contribution < 1.29 is 19.1 Å². The number of rotatable bonds is 7. The summed E-state index contributed by atoms with van der Waals surface area (Å²) in [6, 6.07) is 18.6. The largest absolute Gasteiger partial charge is 0.461 e. The number of hydrogen-bond acceptors (Lipinski definition) is 5. The monoisotopic (exact) mass is 328 g/mol. The number of amides is 1. The quantitative estimate of drug-likeness (QED) is 0.601. The zero-order valence-corrected chi connectivity index (χ0v) is 13.2. The molecule has 0 spiro atoms. The van der Waals surface area contributed by atoms with Gasteiger partial charge in [0, 0.05) is 0 Å². The number of carbonyl (C=O) groups is 2. The molecule has 0 aliphatic rings. The van der Waals surface area contributed by atoms with Gasteiger partial charge in [0.1, 0.15) is 13.2 Å². The molecule has 0 radical (unpaired) electrons. The topological polar surface area (TPSA) is 90.7 Å². The fourth-order valence-electron chi connectivity index (χ4n) is 1.94. The van der Waals surface area contributed by atoms with Crippen LogP contribution in [0.25, 0.3) is 0 Å². The third-order valence-electron chi connectivity index (χ3n) is 3.15. The minimum atomic E-state index is -0.864. The summed E-state index contributed by atoms with van der Waals surface area (Å²) < 4.78 is 10.1. The van der Waals surface area contributed by atoms with Crippen LogP contribution in [-0.2, 0) is 27.5 Å². The molecule has 0 bridgehead atoms. The second-order valence-electron chi connectivity index (χ2n) is 5.16. The molecule has 126 valence electrons. The summed E-state index contributed by atoms with van der Waals surface area (Å²) in [5, 5.41) is 2.40. The highest BCUT2D eigenvalue weighted by Crippen LogP contribution is 2.03. The molecule has 0 unspecified atom stereocenters. The molecule has 0 heterocycles. The maximum Gasteiger partial charge on any atom is 0.408 e. The minimum absolute atomic E-state index is 0.132. The molecule has 0 saturated heterocycles. The third-order valence-corrected chi connectivity index (χ3v) is 3.15. The summed E-state index contributed by atoms with van der Waals surface area (Å²) in [7, 11) is 0. The Bertz CT molecular complexity index is 589. The summed E-state index contributed by atoms with van der Waals surface area (Å²) in [5.74, 6) is -0.491. The van der Waals surface area contributed by atoms with E-state index < -0.39 is 18.2 Å². The average molecular weight is 328 g/mol. The van der Waals surface area contributed by atoms with Gasteiger partial charge >= 0.3 is 12.1 Å². The van der Waals surface area contributed by atoms with E-state index in [2.05, 4.69) is 5.32 Å². The molecule has 0 aliphatic carbocycles. The van der Waals surface area contributed by atoms with Gasteiger partial charge in [0.05, 0.1) is 12.6 Å². The van der Waals surface area contributed by atoms with Crippen molar-refractivity contribution in [2.45, 2.75) is 25.8 Å². The van der Waals surface area contributed by atoms with E-state index in [0.29, 0.717) is 0 Å². The smallest absolute Gasteiger partial charge is 0.408 e. The number of hydrogen-bond donors (Lipinski definition) is 2. The van der Waals surface area contributed by atoms with Crippen LogP contribution in [0.2, 0.25) is 0 Å². The van der Waals surface area contributed by atoms with Crippen molar-refractivity contribution in [3.63, 3.8) is 0 Å². The Balaban J connectivity index is 1.65. The summed E-state index contributed by atoms with van der Waals surface area (Å²) in [4.78, 5) is 23.3. The lowest BCUT2D eigenvalue weighted by Crippen LogP contribution is -2.43. The second kappa shape index (κ2) is 9.32. The summed E-state index contributed by atoms with van der Waals surface area (Å²) >= 11 is 0. The van der Waals surface area contributed by atoms with Gasteiger partial charge in [-0.15, -0.1) is 0 Å². The third kappa shape index (κ3) is 6.50. The average Bonchev–Trinajstić information content (AvgIpc) is 2.60. The van der Waals surface area contributed by atoms with Crippen molar-refractivity contribution in [3.8, 4) is 0 Å². The normalized spacial score (nSPS) is 11.4. The predicted molar refractivity (Wildman–Crippen MR) is 88.6 cm³/mol. The standard InChI is InChI=1S/C18H20N2O4/c19-16(11-17(21)23-12-14-7-3-1-4-8-14)20-18(22)24-13-15-9-5-2-6-10-15/h1-10,16H,11-13,19H2,(H,20,22)/t16-/m0/s1. The van der Waals surface area contributed by atoms with Crippen LogP contribution in [0.3, 0.4) is 0 Å². The molecule has 0 fully saturated rings. The molecule has 1 atom stereocenters. The molecule has 2 aromatic rings. The zero-order chi connectivity index (χ0) is 17.2. The Labute approximate surface area is 140 Å². The predicted octanol–water partition coefficient (Wildman–Crippen LogP) is 2.33. The molecule has 2 aromatic carbocycles. The van der Waals surface area contributed by atoms with Crippen LogP contribution in [-0.4, -0.2) is 18.2 Å². The number of nitrogens with two attached hydrogens (primary N) is 1. The van der Waals surface area contributed by atoms with Crippen molar-refractivity contribution in [3.05, 3.63) is 71.8 Å². The van der Waals surface area contributed by atoms with Gasteiger partial charge in [-0.3, -0.25) is 4.79 Å². The number of benzene rings is 2. The SMILES string of the molecule is N[C@H](CC(=O)OCc1ccccc1)NC(=O)OCc1ccccc1. The van der Waals surface area contributed by atoms with E-state index in [1.54, 1.807) is 0 Å². The first-order chi connectivity index (χ1) is 11.6. The van der Waals surface area contributed by atoms with Gasteiger partial charge in [-0.2, -0.15) is 0 Å². The number of ether oxygens (including phenoxy) is 2. The summed E-state index contributed by atoms with van der Waals surface area (Å²) in [6.45, 7) is 0.308. The van der Waals surface area contributed by atoms with Gasteiger partial charge in [-0.1, -0.05) is 60.7 Å². The van der Waals surface area contributed by atoms with Gasteiger partial charge in [0.2, 0.25) is 0 Å². The molecule has 1 amide bonds. The molecule has 0 aromatic heterocycles. The van der Waals surface area contributed by atoms with Gasteiger partial charge in [0.25, 0.3) is 0 Å². The Morgan fingerprint density at radius 1 is 0.875 bits per heavy atom. The van der Waals surface area contributed by atoms with Crippen LogP contribution in [0.15, 0.2) is 60.7 Å². The summed E-state index contributed by atoms with van der Waals surface area (Å²) in [6.07, 6.45) is -1.67. The van der Waals surface area contributed by atoms with Gasteiger partial charge in [-0.05, 0) is 11.1 Å². The molecular weight excluding hydrogens is 308 g/mol. The number of alkyl carbamates (subject to hydrolysis) is 1. The van der Waals surface area contributed by atoms with Crippen LogP contribution in [0.5, 0.6) is 0 Å². The van der Waals surface area contributed by atoms with Crippen LogP contribution >= 0.6 is 0 Å². The Hall–Kier alpha value is -2.86. The maximum absolute atomic E-state index is 11.7. The highest BCUT2D eigenvalue weighted by atomic mass is 16.5. The molecule has 2 rings (SSSR count). The summed E-state index contributed by atoms with van der Waals surface area (Å²) in [5.41, 5.74) is 7.45. The van der Waals surface area contributed by atoms with Crippen LogP contribution < -0.4 is 11.1 Å². The Morgan fingerprint density at radius 2 is 1.38 bits per heavy atom. The number of nitrogens with one attached hydrogen (secondary N) is 1. The number of carbonyl (C=O) groups excluding carboxylic acids is 2. The lowest BCUT2D eigenvalue weighted by molar-refractivity contribution is -0.145. The van der Waals surface area contributed by atoms with Crippen molar-refractivity contribution in [2.24, 2.45) is 5.73 Å². The van der Waals surface area contributed by atoms with E-state index >= 15 is 0 Å². The molecule has 3 N–H and O–H groups in total. The molecular formula is C18H20N2O4. The van der Waals surface area contributed by atoms with Gasteiger partial charge < -0.3 is 20.5 Å². The van der Waals surface area contributed by atoms with Crippen molar-refractivity contribution >= 4 is 12.1 Å². The first kappa shape index (κ1) is 17.5. The fraction of sp³-hybridized carbons (Fsp3) is 0.222. The zero-order valence-electron chi connectivity index (χ0n) is 13.2. The van der Waals surface area contributed by atoms with Crippen LogP contribution in [0, 0.1) is 0 Å². The van der Waals surface area contributed by atoms with E-state index in [9.17, 15) is 9.59 Å². The van der Waals surface area contributed by atoms with E-state index in [1.165, 1.54) is 0 Å². The van der Waals surface area contributed by atoms with E-state index in [1.807, 2.05) is 60.7 Å².